The quantitative estimate of drug-likeness (QED) is 0.185. The molecule has 3 heteroatoms. The van der Waals surface area contributed by atoms with Gasteiger partial charge in [0.05, 0.1) is 11.4 Å². The van der Waals surface area contributed by atoms with E-state index in [2.05, 4.69) is 79.9 Å². The molecule has 0 aliphatic carbocycles. The van der Waals surface area contributed by atoms with Gasteiger partial charge in [-0.1, -0.05) is 141 Å². The lowest BCUT2D eigenvalue weighted by Crippen LogP contribution is -1.96. The minimum atomic E-state index is 0.685. The minimum Gasteiger partial charge on any atom is -0.455 e. The summed E-state index contributed by atoms with van der Waals surface area (Å²) >= 11 is 0. The van der Waals surface area contributed by atoms with Crippen molar-refractivity contribution in [1.29, 1.82) is 0 Å². The normalized spacial score (nSPS) is 11.6. The average Bonchev–Trinajstić information content (AvgIpc) is 3.47. The third kappa shape index (κ3) is 4.87. The van der Waals surface area contributed by atoms with Crippen LogP contribution in [0.3, 0.4) is 0 Å². The Kier molecular flexibility index (Phi) is 6.82. The van der Waals surface area contributed by atoms with E-state index in [4.69, 9.17) is 14.4 Å². The summed E-state index contributed by atoms with van der Waals surface area (Å²) in [6.07, 6.45) is 5.60. The Morgan fingerprint density at radius 1 is 0.605 bits per heavy atom. The molecule has 0 N–H and O–H groups in total. The van der Waals surface area contributed by atoms with Crippen LogP contribution in [-0.4, -0.2) is 9.97 Å². The smallest absolute Gasteiger partial charge is 0.160 e. The van der Waals surface area contributed by atoms with Crippen LogP contribution in [0.4, 0.5) is 0 Å². The second-order valence-corrected chi connectivity index (χ2v) is 10.3. The zero-order valence-corrected chi connectivity index (χ0v) is 23.6. The average molecular weight is 553 g/mol. The van der Waals surface area contributed by atoms with Gasteiger partial charge in [-0.25, -0.2) is 9.97 Å². The highest BCUT2D eigenvalue weighted by molar-refractivity contribution is 6.15. The van der Waals surface area contributed by atoms with Gasteiger partial charge < -0.3 is 4.42 Å². The molecule has 0 unspecified atom stereocenters. The molecule has 2 heterocycles. The first-order valence-corrected chi connectivity index (χ1v) is 14.2. The highest BCUT2D eigenvalue weighted by Gasteiger charge is 2.18. The highest BCUT2D eigenvalue weighted by Crippen LogP contribution is 2.41. The van der Waals surface area contributed by atoms with Crippen molar-refractivity contribution < 1.29 is 4.42 Å². The maximum Gasteiger partial charge on any atom is 0.160 e. The standard InChI is InChI=1S/C40H28N2O/c1-3-14-27(4-2)30-19-11-20-31(25-30)32-21-12-23-34-38-33(22-13-24-37(38)43-39(32)34)36-26-35(28-15-7-5-8-16-28)41-40(42-36)29-17-9-6-10-18-29/h3-26H,1-2H2/b27-14+. The van der Waals surface area contributed by atoms with E-state index in [-0.39, 0.29) is 0 Å². The number of fused-ring (bicyclic) bond motifs is 3. The van der Waals surface area contributed by atoms with Crippen molar-refractivity contribution in [3.05, 3.63) is 164 Å². The summed E-state index contributed by atoms with van der Waals surface area (Å²) in [5.41, 5.74) is 10.6. The minimum absolute atomic E-state index is 0.685. The van der Waals surface area contributed by atoms with Gasteiger partial charge in [0.1, 0.15) is 11.2 Å². The molecule has 0 fully saturated rings. The lowest BCUT2D eigenvalue weighted by atomic mass is 9.96. The van der Waals surface area contributed by atoms with E-state index >= 15 is 0 Å². The van der Waals surface area contributed by atoms with Gasteiger partial charge in [-0.05, 0) is 34.9 Å². The number of rotatable bonds is 7. The molecule has 0 bridgehead atoms. The monoisotopic (exact) mass is 552 g/mol. The summed E-state index contributed by atoms with van der Waals surface area (Å²) in [6, 6.07) is 43.4. The Bertz CT molecular complexity index is 2100. The first-order chi connectivity index (χ1) is 21.2. The summed E-state index contributed by atoms with van der Waals surface area (Å²) < 4.78 is 6.61. The van der Waals surface area contributed by atoms with E-state index in [1.54, 1.807) is 6.08 Å². The summed E-state index contributed by atoms with van der Waals surface area (Å²) in [6.45, 7) is 7.83. The fourth-order valence-corrected chi connectivity index (χ4v) is 5.62. The van der Waals surface area contributed by atoms with Crippen LogP contribution in [-0.2, 0) is 0 Å². The van der Waals surface area contributed by atoms with Crippen molar-refractivity contribution in [2.45, 2.75) is 0 Å². The van der Waals surface area contributed by atoms with Gasteiger partial charge in [0.2, 0.25) is 0 Å². The van der Waals surface area contributed by atoms with Crippen LogP contribution < -0.4 is 0 Å². The molecular formula is C40H28N2O. The number of hydrogen-bond acceptors (Lipinski definition) is 3. The molecule has 2 aromatic heterocycles. The van der Waals surface area contributed by atoms with Gasteiger partial charge in [-0.2, -0.15) is 0 Å². The number of nitrogens with zero attached hydrogens (tertiary/aromatic N) is 2. The SMILES string of the molecule is C=C/C=C(\C=C)c1cccc(-c2cccc3c2oc2cccc(-c4cc(-c5ccccc5)nc(-c5ccccc5)n4)c23)c1. The largest absolute Gasteiger partial charge is 0.455 e. The number of hydrogen-bond donors (Lipinski definition) is 0. The number of benzene rings is 5. The van der Waals surface area contributed by atoms with Gasteiger partial charge in [0.25, 0.3) is 0 Å². The van der Waals surface area contributed by atoms with E-state index < -0.39 is 0 Å². The van der Waals surface area contributed by atoms with Crippen molar-refractivity contribution in [2.75, 3.05) is 0 Å². The van der Waals surface area contributed by atoms with E-state index in [0.717, 1.165) is 72.3 Å². The van der Waals surface area contributed by atoms with Crippen LogP contribution in [0.5, 0.6) is 0 Å². The van der Waals surface area contributed by atoms with Crippen molar-refractivity contribution in [1.82, 2.24) is 9.97 Å². The third-order valence-corrected chi connectivity index (χ3v) is 7.65. The van der Waals surface area contributed by atoms with Crippen molar-refractivity contribution in [3.8, 4) is 45.0 Å². The Hall–Kier alpha value is -5.80. The lowest BCUT2D eigenvalue weighted by molar-refractivity contribution is 0.670. The Morgan fingerprint density at radius 3 is 2.05 bits per heavy atom. The van der Waals surface area contributed by atoms with E-state index in [1.807, 2.05) is 72.8 Å². The van der Waals surface area contributed by atoms with Gasteiger partial charge in [-0.15, -0.1) is 0 Å². The molecule has 0 atom stereocenters. The van der Waals surface area contributed by atoms with Crippen LogP contribution >= 0.6 is 0 Å². The lowest BCUT2D eigenvalue weighted by Gasteiger charge is -2.10. The van der Waals surface area contributed by atoms with E-state index in [1.165, 1.54) is 0 Å². The van der Waals surface area contributed by atoms with Gasteiger partial charge in [0.15, 0.2) is 5.82 Å². The number of aromatic nitrogens is 2. The number of para-hydroxylation sites is 1. The van der Waals surface area contributed by atoms with Crippen LogP contribution in [0, 0.1) is 0 Å². The first kappa shape index (κ1) is 26.1. The maximum atomic E-state index is 6.61. The molecule has 0 aliphatic rings. The fraction of sp³-hybridized carbons (Fsp3) is 0. The first-order valence-electron chi connectivity index (χ1n) is 14.2. The van der Waals surface area contributed by atoms with Crippen molar-refractivity contribution >= 4 is 27.5 Å². The molecule has 204 valence electrons. The summed E-state index contributed by atoms with van der Waals surface area (Å²) in [7, 11) is 0. The topological polar surface area (TPSA) is 38.9 Å². The molecule has 0 spiro atoms. The molecule has 0 amide bonds. The maximum absolute atomic E-state index is 6.61. The molecule has 43 heavy (non-hydrogen) atoms. The summed E-state index contributed by atoms with van der Waals surface area (Å²) in [4.78, 5) is 10.1. The zero-order chi connectivity index (χ0) is 29.2. The van der Waals surface area contributed by atoms with Gasteiger partial charge >= 0.3 is 0 Å². The van der Waals surface area contributed by atoms with Crippen molar-refractivity contribution in [2.24, 2.45) is 0 Å². The summed E-state index contributed by atoms with van der Waals surface area (Å²) in [5.74, 6) is 0.685. The van der Waals surface area contributed by atoms with Crippen LogP contribution in [0.2, 0.25) is 0 Å². The second kappa shape index (κ2) is 11.2. The Labute approximate surface area is 250 Å². The van der Waals surface area contributed by atoms with Gasteiger partial charge in [-0.3, -0.25) is 0 Å². The Morgan fingerprint density at radius 2 is 1.28 bits per heavy atom. The van der Waals surface area contributed by atoms with Crippen LogP contribution in [0.1, 0.15) is 5.56 Å². The molecular weight excluding hydrogens is 524 g/mol. The second-order valence-electron chi connectivity index (χ2n) is 10.3. The van der Waals surface area contributed by atoms with Crippen LogP contribution in [0.15, 0.2) is 163 Å². The van der Waals surface area contributed by atoms with E-state index in [9.17, 15) is 0 Å². The predicted molar refractivity (Wildman–Crippen MR) is 179 cm³/mol. The molecule has 0 radical (unpaired) electrons. The van der Waals surface area contributed by atoms with Gasteiger partial charge in [0, 0.05) is 33.0 Å². The predicted octanol–water partition coefficient (Wildman–Crippen LogP) is 10.8. The molecule has 0 saturated heterocycles. The van der Waals surface area contributed by atoms with Crippen molar-refractivity contribution in [3.63, 3.8) is 0 Å². The van der Waals surface area contributed by atoms with Crippen LogP contribution in [0.25, 0.3) is 72.5 Å². The zero-order valence-electron chi connectivity index (χ0n) is 23.6. The summed E-state index contributed by atoms with van der Waals surface area (Å²) in [5, 5.41) is 2.07. The highest BCUT2D eigenvalue weighted by atomic mass is 16.3. The number of furan rings is 1. The number of allylic oxidation sites excluding steroid dienone is 4. The molecule has 5 aromatic carbocycles. The molecule has 7 aromatic rings. The molecule has 0 saturated carbocycles. The Balaban J connectivity index is 1.45. The third-order valence-electron chi connectivity index (χ3n) is 7.65. The van der Waals surface area contributed by atoms with E-state index in [0.29, 0.717) is 5.82 Å². The molecule has 0 aliphatic heterocycles. The fourth-order valence-electron chi connectivity index (χ4n) is 5.62. The molecule has 7 rings (SSSR count). The molecule has 3 nitrogen and oxygen atoms in total.